The Bertz CT molecular complexity index is 1080. The summed E-state index contributed by atoms with van der Waals surface area (Å²) in [5, 5.41) is 3.99. The van der Waals surface area contributed by atoms with Gasteiger partial charge in [-0.15, -0.1) is 0 Å². The number of aromatic nitrogens is 1. The molecule has 2 aromatic carbocycles. The lowest BCUT2D eigenvalue weighted by Crippen LogP contribution is -2.28. The largest absolute Gasteiger partial charge is 0.493 e. The molecule has 170 valence electrons. The molecule has 0 aliphatic heterocycles. The molecule has 0 aliphatic carbocycles. The molecule has 3 rings (SSSR count). The second-order valence-electron chi connectivity index (χ2n) is 8.02. The number of ether oxygens (including phenoxy) is 3. The molecule has 0 atom stereocenters. The summed E-state index contributed by atoms with van der Waals surface area (Å²) < 4.78 is 18.5. The molecular weight excluding hydrogens is 404 g/mol. The molecule has 6 heteroatoms. The molecular formula is C26H32N2O4. The Hall–Kier alpha value is -3.41. The van der Waals surface area contributed by atoms with Crippen molar-refractivity contribution >= 4 is 16.8 Å². The second-order valence-corrected chi connectivity index (χ2v) is 8.02. The number of methoxy groups -OCH3 is 2. The summed E-state index contributed by atoms with van der Waals surface area (Å²) in [5.74, 6) is 2.41. The molecule has 6 nitrogen and oxygen atoms in total. The Morgan fingerprint density at radius 3 is 2.56 bits per heavy atom. The lowest BCUT2D eigenvalue weighted by molar-refractivity contribution is 0.0944. The van der Waals surface area contributed by atoms with Gasteiger partial charge >= 0.3 is 0 Å². The third-order valence-corrected chi connectivity index (χ3v) is 5.19. The third-order valence-electron chi connectivity index (χ3n) is 5.19. The van der Waals surface area contributed by atoms with Crippen LogP contribution in [-0.4, -0.2) is 37.8 Å². The number of nitrogens with zero attached hydrogens (tertiary/aromatic N) is 1. The minimum atomic E-state index is -0.100. The van der Waals surface area contributed by atoms with Gasteiger partial charge in [0.1, 0.15) is 18.1 Å². The van der Waals surface area contributed by atoms with Gasteiger partial charge in [0.05, 0.1) is 19.7 Å². The molecule has 3 aromatic rings. The number of rotatable bonds is 11. The fourth-order valence-electron chi connectivity index (χ4n) is 3.73. The van der Waals surface area contributed by atoms with Gasteiger partial charge in [-0.2, -0.15) is 0 Å². The summed E-state index contributed by atoms with van der Waals surface area (Å²) in [6, 6.07) is 13.6. The Labute approximate surface area is 189 Å². The van der Waals surface area contributed by atoms with Gasteiger partial charge in [0, 0.05) is 18.5 Å². The number of hydrogen-bond acceptors (Lipinski definition) is 4. The van der Waals surface area contributed by atoms with Gasteiger partial charge in [0.25, 0.3) is 5.91 Å². The first-order chi connectivity index (χ1) is 15.5. The zero-order valence-electron chi connectivity index (χ0n) is 19.3. The van der Waals surface area contributed by atoms with Crippen molar-refractivity contribution in [3.8, 4) is 17.2 Å². The number of carbonyl (C=O) groups excluding carboxylic acids is 1. The molecule has 0 bridgehead atoms. The molecule has 1 amide bonds. The molecule has 0 radical (unpaired) electrons. The number of fused-ring (bicyclic) bond motifs is 1. The molecule has 0 spiro atoms. The van der Waals surface area contributed by atoms with Gasteiger partial charge in [0.15, 0.2) is 11.5 Å². The first kappa shape index (κ1) is 23.3. The van der Waals surface area contributed by atoms with E-state index in [0.717, 1.165) is 28.8 Å². The minimum absolute atomic E-state index is 0.100. The highest BCUT2D eigenvalue weighted by Gasteiger charge is 2.18. The molecule has 0 saturated carbocycles. The van der Waals surface area contributed by atoms with Crippen molar-refractivity contribution < 1.29 is 19.0 Å². The quantitative estimate of drug-likeness (QED) is 0.437. The molecule has 0 aliphatic rings. The summed E-state index contributed by atoms with van der Waals surface area (Å²) in [7, 11) is 3.23. The van der Waals surface area contributed by atoms with Crippen molar-refractivity contribution in [1.29, 1.82) is 0 Å². The highest BCUT2D eigenvalue weighted by Crippen LogP contribution is 2.30. The van der Waals surface area contributed by atoms with Crippen LogP contribution in [0.25, 0.3) is 10.9 Å². The van der Waals surface area contributed by atoms with E-state index < -0.39 is 0 Å². The maximum atomic E-state index is 13.1. The minimum Gasteiger partial charge on any atom is -0.493 e. The van der Waals surface area contributed by atoms with Crippen LogP contribution in [-0.2, 0) is 13.0 Å². The van der Waals surface area contributed by atoms with Crippen molar-refractivity contribution in [2.45, 2.75) is 26.8 Å². The predicted molar refractivity (Wildman–Crippen MR) is 128 cm³/mol. The van der Waals surface area contributed by atoms with Crippen LogP contribution in [0.1, 0.15) is 29.9 Å². The van der Waals surface area contributed by atoms with E-state index in [0.29, 0.717) is 42.7 Å². The topological polar surface area (TPSA) is 61.7 Å². The van der Waals surface area contributed by atoms with E-state index in [1.807, 2.05) is 42.5 Å². The Morgan fingerprint density at radius 1 is 1.09 bits per heavy atom. The van der Waals surface area contributed by atoms with Crippen molar-refractivity contribution in [3.05, 3.63) is 66.4 Å². The number of carbonyl (C=O) groups is 1. The second kappa shape index (κ2) is 10.8. The third kappa shape index (κ3) is 5.25. The standard InChI is InChI=1S/C26H32N2O4/c1-6-14-32-23-9-7-8-21-20(23)16-22(28(21)17-18(2)3)26(29)27-13-12-19-10-11-24(30-4)25(15-19)31-5/h6-11,15-16,18H,1,12-14,17H2,2-5H3,(H,27,29). The Morgan fingerprint density at radius 2 is 1.88 bits per heavy atom. The van der Waals surface area contributed by atoms with Crippen LogP contribution in [0.2, 0.25) is 0 Å². The smallest absolute Gasteiger partial charge is 0.267 e. The van der Waals surface area contributed by atoms with E-state index in [1.54, 1.807) is 20.3 Å². The maximum absolute atomic E-state index is 13.1. The zero-order chi connectivity index (χ0) is 23.1. The first-order valence-electron chi connectivity index (χ1n) is 10.8. The highest BCUT2D eigenvalue weighted by atomic mass is 16.5. The van der Waals surface area contributed by atoms with Crippen LogP contribution in [0, 0.1) is 5.92 Å². The van der Waals surface area contributed by atoms with E-state index in [-0.39, 0.29) is 5.91 Å². The molecule has 1 heterocycles. The van der Waals surface area contributed by atoms with Gasteiger partial charge < -0.3 is 24.1 Å². The lowest BCUT2D eigenvalue weighted by atomic mass is 10.1. The zero-order valence-corrected chi connectivity index (χ0v) is 19.3. The van der Waals surface area contributed by atoms with Crippen molar-refractivity contribution in [2.24, 2.45) is 5.92 Å². The van der Waals surface area contributed by atoms with Gasteiger partial charge in [-0.05, 0) is 48.2 Å². The summed E-state index contributed by atoms with van der Waals surface area (Å²) in [5.41, 5.74) is 2.69. The Balaban J connectivity index is 1.80. The van der Waals surface area contributed by atoms with Crippen molar-refractivity contribution in [3.63, 3.8) is 0 Å². The van der Waals surface area contributed by atoms with Crippen LogP contribution < -0.4 is 19.5 Å². The van der Waals surface area contributed by atoms with Crippen molar-refractivity contribution in [1.82, 2.24) is 9.88 Å². The molecule has 0 saturated heterocycles. The van der Waals surface area contributed by atoms with E-state index in [2.05, 4.69) is 30.3 Å². The fraction of sp³-hybridized carbons (Fsp3) is 0.346. The van der Waals surface area contributed by atoms with Gasteiger partial charge in [0.2, 0.25) is 0 Å². The monoisotopic (exact) mass is 436 g/mol. The average Bonchev–Trinajstić information content (AvgIpc) is 3.16. The molecule has 32 heavy (non-hydrogen) atoms. The fourth-order valence-corrected chi connectivity index (χ4v) is 3.73. The predicted octanol–water partition coefficient (Wildman–Crippen LogP) is 4.85. The summed E-state index contributed by atoms with van der Waals surface area (Å²) in [6.07, 6.45) is 2.40. The number of hydrogen-bond donors (Lipinski definition) is 1. The van der Waals surface area contributed by atoms with Gasteiger partial charge in [-0.3, -0.25) is 4.79 Å². The van der Waals surface area contributed by atoms with Gasteiger partial charge in [-0.1, -0.05) is 38.6 Å². The van der Waals surface area contributed by atoms with Crippen LogP contribution in [0.15, 0.2) is 55.1 Å². The van der Waals surface area contributed by atoms with Crippen LogP contribution in [0.3, 0.4) is 0 Å². The first-order valence-corrected chi connectivity index (χ1v) is 10.8. The normalized spacial score (nSPS) is 10.9. The highest BCUT2D eigenvalue weighted by molar-refractivity contribution is 6.00. The lowest BCUT2D eigenvalue weighted by Gasteiger charge is -2.14. The number of benzene rings is 2. The van der Waals surface area contributed by atoms with E-state index in [4.69, 9.17) is 14.2 Å². The molecule has 0 unspecified atom stereocenters. The number of nitrogens with one attached hydrogen (secondary N) is 1. The Kier molecular flexibility index (Phi) is 7.82. The molecule has 0 fully saturated rings. The number of amides is 1. The maximum Gasteiger partial charge on any atom is 0.267 e. The summed E-state index contributed by atoms with van der Waals surface area (Å²) >= 11 is 0. The van der Waals surface area contributed by atoms with Crippen LogP contribution >= 0.6 is 0 Å². The van der Waals surface area contributed by atoms with Crippen molar-refractivity contribution in [2.75, 3.05) is 27.4 Å². The van der Waals surface area contributed by atoms with E-state index in [1.165, 1.54) is 0 Å². The SMILES string of the molecule is C=CCOc1cccc2c1cc(C(=O)NCCc1ccc(OC)c(OC)c1)n2CC(C)C. The molecule has 1 N–H and O–H groups in total. The van der Waals surface area contributed by atoms with Gasteiger partial charge in [-0.25, -0.2) is 0 Å². The van der Waals surface area contributed by atoms with Crippen LogP contribution in [0.4, 0.5) is 0 Å². The van der Waals surface area contributed by atoms with Crippen LogP contribution in [0.5, 0.6) is 17.2 Å². The average molecular weight is 437 g/mol. The van der Waals surface area contributed by atoms with E-state index in [9.17, 15) is 4.79 Å². The van der Waals surface area contributed by atoms with E-state index >= 15 is 0 Å². The molecule has 1 aromatic heterocycles. The summed E-state index contributed by atoms with van der Waals surface area (Å²) in [6.45, 7) is 9.67. The summed E-state index contributed by atoms with van der Waals surface area (Å²) in [4.78, 5) is 13.1.